The van der Waals surface area contributed by atoms with Crippen molar-refractivity contribution in [2.75, 3.05) is 0 Å². The first kappa shape index (κ1) is 31.3. The van der Waals surface area contributed by atoms with Crippen molar-refractivity contribution in [3.8, 4) is 5.75 Å². The standard InChI is InChI=1S/C18H33P.C8H12.C6H6O.Ir/c1-4-10-16(11-5-1)19(17-12-6-2-7-13-17)18-14-8-3-9-15-18;1-2-4-6-8-7-5-3-1;7-6-4-2-1-3-5-6;/h16-18H,1-15H2;1-2,7-8H,3-6H2;1-5,7H;. The Hall–Kier alpha value is 0.0994. The first-order valence-electron chi connectivity index (χ1n) is 14.7. The molecule has 0 atom stereocenters. The average Bonchev–Trinajstić information content (AvgIpc) is 2.87. The van der Waals surface area contributed by atoms with Crippen molar-refractivity contribution in [3.05, 3.63) is 56.0 Å². The molecule has 1 N–H and O–H groups in total. The Labute approximate surface area is 233 Å². The molecule has 0 unspecified atom stereocenters. The van der Waals surface area contributed by atoms with Crippen LogP contribution >= 0.6 is 7.92 Å². The molecule has 199 valence electrons. The summed E-state index contributed by atoms with van der Waals surface area (Å²) in [6.07, 6.45) is 37.6. The van der Waals surface area contributed by atoms with Gasteiger partial charge in [-0.05, 0) is 119 Å². The fourth-order valence-electron chi connectivity index (χ4n) is 6.32. The van der Waals surface area contributed by atoms with E-state index >= 15 is 0 Å². The van der Waals surface area contributed by atoms with Gasteiger partial charge in [0.1, 0.15) is 5.75 Å². The van der Waals surface area contributed by atoms with Crippen LogP contribution < -0.4 is 0 Å². The molecule has 0 saturated heterocycles. The van der Waals surface area contributed by atoms with E-state index in [1.165, 1.54) is 61.9 Å². The van der Waals surface area contributed by atoms with Crippen molar-refractivity contribution in [2.45, 2.75) is 139 Å². The van der Waals surface area contributed by atoms with Crippen LogP contribution in [0.25, 0.3) is 0 Å². The van der Waals surface area contributed by atoms with Gasteiger partial charge in [0, 0.05) is 20.1 Å². The number of rotatable bonds is 3. The molecule has 5 rings (SSSR count). The van der Waals surface area contributed by atoms with Crippen LogP contribution in [0.15, 0.2) is 30.3 Å². The maximum absolute atomic E-state index is 8.63. The van der Waals surface area contributed by atoms with E-state index in [9.17, 15) is 0 Å². The van der Waals surface area contributed by atoms with E-state index in [1.807, 2.05) is 6.07 Å². The monoisotopic (exact) mass is 675 g/mol. The molecule has 4 saturated carbocycles. The van der Waals surface area contributed by atoms with Crippen LogP contribution in [-0.4, -0.2) is 22.1 Å². The number of phenolic OH excluding ortho intramolecular Hbond substituents is 1. The predicted octanol–water partition coefficient (Wildman–Crippen LogP) is 10.2. The summed E-state index contributed by atoms with van der Waals surface area (Å²) in [4.78, 5) is 0. The van der Waals surface area contributed by atoms with Crippen molar-refractivity contribution in [2.24, 2.45) is 0 Å². The molecule has 0 spiro atoms. The summed E-state index contributed by atoms with van der Waals surface area (Å²) in [7, 11) is 0.385. The van der Waals surface area contributed by atoms with Crippen LogP contribution in [0.5, 0.6) is 5.75 Å². The van der Waals surface area contributed by atoms with Gasteiger partial charge in [-0.1, -0.05) is 83.9 Å². The predicted molar refractivity (Wildman–Crippen MR) is 151 cm³/mol. The van der Waals surface area contributed by atoms with Gasteiger partial charge in [0.15, 0.2) is 0 Å². The van der Waals surface area contributed by atoms with Crippen LogP contribution in [-0.2, 0) is 20.1 Å². The molecule has 1 nitrogen and oxygen atoms in total. The number of hydrogen-bond acceptors (Lipinski definition) is 1. The zero-order valence-electron chi connectivity index (χ0n) is 22.1. The fourth-order valence-corrected chi connectivity index (χ4v) is 11.0. The molecule has 0 bridgehead atoms. The van der Waals surface area contributed by atoms with Crippen molar-refractivity contribution in [1.29, 1.82) is 0 Å². The molecule has 4 fully saturated rings. The molecule has 4 aliphatic rings. The molecule has 0 aromatic heterocycles. The molecule has 0 amide bonds. The third-order valence-electron chi connectivity index (χ3n) is 8.08. The maximum atomic E-state index is 8.63. The van der Waals surface area contributed by atoms with Gasteiger partial charge in [0.25, 0.3) is 0 Å². The number of hydrogen-bond donors (Lipinski definition) is 1. The van der Waals surface area contributed by atoms with Gasteiger partial charge in [-0.2, -0.15) is 0 Å². The SMILES string of the molecule is C1CCC(P(C2CCCCC2)C2CCCCC2)CC1.Oc1ccccc1.[CH]1[CH]CC[CH][CH]CC1.[Ir]. The Bertz CT molecular complexity index is 524. The largest absolute Gasteiger partial charge is 0.508 e. The third-order valence-corrected chi connectivity index (χ3v) is 12.2. The normalized spacial score (nSPS) is 22.9. The summed E-state index contributed by atoms with van der Waals surface area (Å²) >= 11 is 0. The maximum Gasteiger partial charge on any atom is 0.115 e. The molecule has 5 radical (unpaired) electrons. The van der Waals surface area contributed by atoms with E-state index in [4.69, 9.17) is 5.11 Å². The topological polar surface area (TPSA) is 20.2 Å². The van der Waals surface area contributed by atoms with E-state index < -0.39 is 0 Å². The fraction of sp³-hybridized carbons (Fsp3) is 0.688. The van der Waals surface area contributed by atoms with Crippen molar-refractivity contribution in [1.82, 2.24) is 0 Å². The van der Waals surface area contributed by atoms with Crippen molar-refractivity contribution in [3.63, 3.8) is 0 Å². The van der Waals surface area contributed by atoms with Crippen LogP contribution in [0, 0.1) is 25.7 Å². The van der Waals surface area contributed by atoms with Crippen LogP contribution in [0.4, 0.5) is 0 Å². The number of phenols is 1. The first-order chi connectivity index (χ1) is 16.8. The smallest absolute Gasteiger partial charge is 0.115 e. The second kappa shape index (κ2) is 20.1. The zero-order valence-corrected chi connectivity index (χ0v) is 25.4. The third kappa shape index (κ3) is 12.9. The quantitative estimate of drug-likeness (QED) is 0.317. The van der Waals surface area contributed by atoms with Gasteiger partial charge in [0.05, 0.1) is 0 Å². The molecule has 1 aromatic rings. The minimum Gasteiger partial charge on any atom is -0.508 e. The number of aromatic hydroxyl groups is 1. The number of para-hydroxylation sites is 1. The van der Waals surface area contributed by atoms with Crippen molar-refractivity contribution < 1.29 is 25.2 Å². The van der Waals surface area contributed by atoms with E-state index in [2.05, 4.69) is 25.7 Å². The average molecular weight is 675 g/mol. The molecular formula is C32H51IrOP. The van der Waals surface area contributed by atoms with Gasteiger partial charge in [-0.15, -0.1) is 0 Å². The Balaban J connectivity index is 0.000000223. The second-order valence-corrected chi connectivity index (χ2v) is 13.8. The molecule has 0 aliphatic heterocycles. The molecule has 3 heteroatoms. The molecule has 35 heavy (non-hydrogen) atoms. The summed E-state index contributed by atoms with van der Waals surface area (Å²) in [5.41, 5.74) is 3.57. The van der Waals surface area contributed by atoms with E-state index in [1.54, 1.807) is 101 Å². The molecule has 1 aromatic carbocycles. The molecule has 0 heterocycles. The molecule has 4 aliphatic carbocycles. The summed E-state index contributed by atoms with van der Waals surface area (Å²) in [6.45, 7) is 0. The van der Waals surface area contributed by atoms with Gasteiger partial charge in [0.2, 0.25) is 0 Å². The first-order valence-corrected chi connectivity index (χ1v) is 16.2. The summed E-state index contributed by atoms with van der Waals surface area (Å²) in [6, 6.07) is 8.71. The minimum atomic E-state index is 0. The van der Waals surface area contributed by atoms with Crippen molar-refractivity contribution >= 4 is 7.92 Å². The minimum absolute atomic E-state index is 0. The Morgan fingerprint density at radius 2 is 0.800 bits per heavy atom. The van der Waals surface area contributed by atoms with Crippen LogP contribution in [0.1, 0.15) is 122 Å². The second-order valence-electron chi connectivity index (χ2n) is 10.8. The van der Waals surface area contributed by atoms with Gasteiger partial charge in [-0.3, -0.25) is 0 Å². The van der Waals surface area contributed by atoms with Gasteiger partial charge < -0.3 is 5.11 Å². The summed E-state index contributed by atoms with van der Waals surface area (Å²) in [5, 5.41) is 8.63. The van der Waals surface area contributed by atoms with Crippen LogP contribution in [0.2, 0.25) is 0 Å². The van der Waals surface area contributed by atoms with E-state index in [0.29, 0.717) is 13.7 Å². The summed E-state index contributed by atoms with van der Waals surface area (Å²) < 4.78 is 0. The van der Waals surface area contributed by atoms with E-state index in [0.717, 1.165) is 0 Å². The number of benzene rings is 1. The zero-order chi connectivity index (χ0) is 23.7. The Kier molecular flexibility index (Phi) is 18.0. The molecular weight excluding hydrogens is 624 g/mol. The van der Waals surface area contributed by atoms with Gasteiger partial charge in [-0.25, -0.2) is 0 Å². The van der Waals surface area contributed by atoms with Gasteiger partial charge >= 0.3 is 0 Å². The Morgan fingerprint density at radius 3 is 1.06 bits per heavy atom. The van der Waals surface area contributed by atoms with Crippen LogP contribution in [0.3, 0.4) is 0 Å². The van der Waals surface area contributed by atoms with E-state index in [-0.39, 0.29) is 20.1 Å². The Morgan fingerprint density at radius 1 is 0.486 bits per heavy atom. The summed E-state index contributed by atoms with van der Waals surface area (Å²) in [5.74, 6) is 0.322.